The Morgan fingerprint density at radius 3 is 2.13 bits per heavy atom. The minimum atomic E-state index is -0.573. The van der Waals surface area contributed by atoms with Crippen LogP contribution in [0.15, 0.2) is 48.5 Å². The molecule has 0 aliphatic heterocycles. The molecule has 0 N–H and O–H groups in total. The maximum atomic E-state index is 12.3. The van der Waals surface area contributed by atoms with Gasteiger partial charge in [-0.15, -0.1) is 0 Å². The lowest BCUT2D eigenvalue weighted by molar-refractivity contribution is -0.153. The van der Waals surface area contributed by atoms with Crippen molar-refractivity contribution in [1.29, 1.82) is 0 Å². The van der Waals surface area contributed by atoms with Crippen LogP contribution in [-0.2, 0) is 26.3 Å². The molecule has 0 aliphatic rings. The molecule has 0 aliphatic carbocycles. The average Bonchev–Trinajstić information content (AvgIpc) is 2.70. The third-order valence-corrected chi connectivity index (χ3v) is 4.70. The summed E-state index contributed by atoms with van der Waals surface area (Å²) in [6.45, 7) is 6.13. The molecule has 162 valence electrons. The molecule has 0 spiro atoms. The van der Waals surface area contributed by atoms with Crippen molar-refractivity contribution in [2.45, 2.75) is 32.7 Å². The Kier molecular flexibility index (Phi) is 7.86. The van der Waals surface area contributed by atoms with E-state index in [0.717, 1.165) is 16.8 Å². The van der Waals surface area contributed by atoms with Gasteiger partial charge in [-0.3, -0.25) is 4.79 Å². The molecule has 30 heavy (non-hydrogen) atoms. The van der Waals surface area contributed by atoms with Gasteiger partial charge in [0.15, 0.2) is 13.2 Å². The summed E-state index contributed by atoms with van der Waals surface area (Å²) in [4.78, 5) is 27.9. The molecular formula is C24H32N2O4. The van der Waals surface area contributed by atoms with Crippen LogP contribution in [0, 0.1) is 0 Å². The summed E-state index contributed by atoms with van der Waals surface area (Å²) >= 11 is 0. The maximum Gasteiger partial charge on any atom is 0.344 e. The van der Waals surface area contributed by atoms with Crippen LogP contribution >= 0.6 is 0 Å². The van der Waals surface area contributed by atoms with E-state index in [9.17, 15) is 9.59 Å². The molecule has 0 aromatic heterocycles. The van der Waals surface area contributed by atoms with Crippen molar-refractivity contribution in [2.24, 2.45) is 0 Å². The van der Waals surface area contributed by atoms with Crippen LogP contribution in [0.25, 0.3) is 0 Å². The Balaban J connectivity index is 1.81. The fourth-order valence-electron chi connectivity index (χ4n) is 2.90. The van der Waals surface area contributed by atoms with Crippen molar-refractivity contribution in [1.82, 2.24) is 4.90 Å². The first kappa shape index (κ1) is 23.3. The standard InChI is InChI=1S/C24H32N2O4/c1-24(2,3)20-9-7-8-10-21(20)29-17-23(28)30-16-22(27)26(6)15-18-11-13-19(14-12-18)25(4)5/h7-14H,15-17H2,1-6H3. The van der Waals surface area contributed by atoms with Crippen molar-refractivity contribution in [2.75, 3.05) is 39.3 Å². The van der Waals surface area contributed by atoms with Crippen molar-refractivity contribution >= 4 is 17.6 Å². The lowest BCUT2D eigenvalue weighted by atomic mass is 9.86. The molecule has 0 radical (unpaired) electrons. The Morgan fingerprint density at radius 1 is 0.900 bits per heavy atom. The summed E-state index contributed by atoms with van der Waals surface area (Å²) < 4.78 is 10.7. The molecule has 6 heteroatoms. The van der Waals surface area contributed by atoms with E-state index in [4.69, 9.17) is 9.47 Å². The first-order chi connectivity index (χ1) is 14.1. The van der Waals surface area contributed by atoms with E-state index in [1.54, 1.807) is 7.05 Å². The second-order valence-corrected chi connectivity index (χ2v) is 8.51. The van der Waals surface area contributed by atoms with Gasteiger partial charge >= 0.3 is 5.97 Å². The van der Waals surface area contributed by atoms with Crippen LogP contribution in [0.1, 0.15) is 31.9 Å². The van der Waals surface area contributed by atoms with Crippen LogP contribution in [0.4, 0.5) is 5.69 Å². The SMILES string of the molecule is CN(Cc1ccc(N(C)C)cc1)C(=O)COC(=O)COc1ccccc1C(C)(C)C. The number of esters is 1. The van der Waals surface area contributed by atoms with E-state index < -0.39 is 5.97 Å². The minimum absolute atomic E-state index is 0.107. The molecule has 0 saturated carbocycles. The van der Waals surface area contributed by atoms with Gasteiger partial charge in [-0.05, 0) is 34.7 Å². The first-order valence-corrected chi connectivity index (χ1v) is 9.96. The highest BCUT2D eigenvalue weighted by atomic mass is 16.6. The Labute approximate surface area is 179 Å². The van der Waals surface area contributed by atoms with Gasteiger partial charge in [0.25, 0.3) is 5.91 Å². The van der Waals surface area contributed by atoms with Gasteiger partial charge in [-0.25, -0.2) is 4.79 Å². The van der Waals surface area contributed by atoms with E-state index in [2.05, 4.69) is 20.8 Å². The monoisotopic (exact) mass is 412 g/mol. The normalized spacial score (nSPS) is 11.0. The largest absolute Gasteiger partial charge is 0.482 e. The number of para-hydroxylation sites is 1. The fraction of sp³-hybridized carbons (Fsp3) is 0.417. The summed E-state index contributed by atoms with van der Waals surface area (Å²) in [7, 11) is 5.64. The first-order valence-electron chi connectivity index (χ1n) is 9.96. The van der Waals surface area contributed by atoms with E-state index in [1.165, 1.54) is 4.90 Å². The van der Waals surface area contributed by atoms with E-state index in [1.807, 2.05) is 67.5 Å². The summed E-state index contributed by atoms with van der Waals surface area (Å²) in [5.74, 6) is -0.197. The third-order valence-electron chi connectivity index (χ3n) is 4.70. The lowest BCUT2D eigenvalue weighted by Gasteiger charge is -2.22. The second-order valence-electron chi connectivity index (χ2n) is 8.51. The molecule has 0 fully saturated rings. The number of rotatable bonds is 8. The van der Waals surface area contributed by atoms with E-state index in [-0.39, 0.29) is 24.5 Å². The van der Waals surface area contributed by atoms with E-state index >= 15 is 0 Å². The van der Waals surface area contributed by atoms with Crippen LogP contribution < -0.4 is 9.64 Å². The molecule has 0 saturated heterocycles. The van der Waals surface area contributed by atoms with Gasteiger partial charge in [0.05, 0.1) is 0 Å². The lowest BCUT2D eigenvalue weighted by Crippen LogP contribution is -2.31. The summed E-state index contributed by atoms with van der Waals surface area (Å²) in [6, 6.07) is 15.6. The zero-order valence-electron chi connectivity index (χ0n) is 18.8. The van der Waals surface area contributed by atoms with Crippen molar-refractivity contribution < 1.29 is 19.1 Å². The Hall–Kier alpha value is -3.02. The maximum absolute atomic E-state index is 12.3. The molecule has 0 unspecified atom stereocenters. The summed E-state index contributed by atoms with van der Waals surface area (Å²) in [6.07, 6.45) is 0. The quantitative estimate of drug-likeness (QED) is 0.620. The molecule has 2 aromatic rings. The molecule has 2 aromatic carbocycles. The topological polar surface area (TPSA) is 59.1 Å². The summed E-state index contributed by atoms with van der Waals surface area (Å²) in [5.41, 5.74) is 3.00. The number of hydrogen-bond donors (Lipinski definition) is 0. The van der Waals surface area contributed by atoms with Gasteiger partial charge in [-0.1, -0.05) is 51.1 Å². The van der Waals surface area contributed by atoms with Crippen molar-refractivity contribution in [3.8, 4) is 5.75 Å². The van der Waals surface area contributed by atoms with Crippen LogP contribution in [-0.4, -0.2) is 51.1 Å². The van der Waals surface area contributed by atoms with Gasteiger partial charge < -0.3 is 19.3 Å². The highest BCUT2D eigenvalue weighted by molar-refractivity contribution is 5.80. The zero-order valence-corrected chi connectivity index (χ0v) is 18.8. The fourth-order valence-corrected chi connectivity index (χ4v) is 2.90. The number of anilines is 1. The predicted octanol–water partition coefficient (Wildman–Crippen LogP) is 3.63. The zero-order chi connectivity index (χ0) is 22.3. The van der Waals surface area contributed by atoms with Gasteiger partial charge in [0, 0.05) is 33.4 Å². The highest BCUT2D eigenvalue weighted by Gasteiger charge is 2.19. The molecule has 2 rings (SSSR count). The Morgan fingerprint density at radius 2 is 1.53 bits per heavy atom. The number of carbonyl (C=O) groups is 2. The highest BCUT2D eigenvalue weighted by Crippen LogP contribution is 2.30. The average molecular weight is 413 g/mol. The van der Waals surface area contributed by atoms with E-state index in [0.29, 0.717) is 12.3 Å². The number of carbonyl (C=O) groups excluding carboxylic acids is 2. The molecular weight excluding hydrogens is 380 g/mol. The minimum Gasteiger partial charge on any atom is -0.482 e. The van der Waals surface area contributed by atoms with Crippen molar-refractivity contribution in [3.05, 3.63) is 59.7 Å². The van der Waals surface area contributed by atoms with Gasteiger partial charge in [0.2, 0.25) is 0 Å². The number of benzene rings is 2. The second kappa shape index (κ2) is 10.1. The third kappa shape index (κ3) is 6.79. The molecule has 1 amide bonds. The predicted molar refractivity (Wildman–Crippen MR) is 119 cm³/mol. The summed E-state index contributed by atoms with van der Waals surface area (Å²) in [5, 5.41) is 0. The Bertz CT molecular complexity index is 854. The van der Waals surface area contributed by atoms with Crippen molar-refractivity contribution in [3.63, 3.8) is 0 Å². The van der Waals surface area contributed by atoms with Crippen LogP contribution in [0.5, 0.6) is 5.75 Å². The number of ether oxygens (including phenoxy) is 2. The number of nitrogens with zero attached hydrogens (tertiary/aromatic N) is 2. The number of amides is 1. The molecule has 0 atom stereocenters. The molecule has 0 bridgehead atoms. The van der Waals surface area contributed by atoms with Crippen LogP contribution in [0.3, 0.4) is 0 Å². The molecule has 0 heterocycles. The number of likely N-dealkylation sites (N-methyl/N-ethyl adjacent to an activating group) is 1. The van der Waals surface area contributed by atoms with Crippen LogP contribution in [0.2, 0.25) is 0 Å². The van der Waals surface area contributed by atoms with Gasteiger partial charge in [0.1, 0.15) is 5.75 Å². The molecule has 6 nitrogen and oxygen atoms in total. The number of hydrogen-bond acceptors (Lipinski definition) is 5. The van der Waals surface area contributed by atoms with Gasteiger partial charge in [-0.2, -0.15) is 0 Å². The smallest absolute Gasteiger partial charge is 0.344 e.